The number of benzene rings is 1. The number of carbonyl (C=O) groups excluding carboxylic acids is 2. The van der Waals surface area contributed by atoms with Gasteiger partial charge in [-0.05, 0) is 55.9 Å². The zero-order valence-electron chi connectivity index (χ0n) is 13.5. The first-order valence-electron chi connectivity index (χ1n) is 8.10. The molecule has 0 bridgehead atoms. The van der Waals surface area contributed by atoms with Crippen LogP contribution in [0.15, 0.2) is 12.1 Å². The van der Waals surface area contributed by atoms with Crippen molar-refractivity contribution >= 4 is 35.0 Å². The van der Waals surface area contributed by atoms with Crippen molar-refractivity contribution in [2.75, 3.05) is 6.61 Å². The molecular weight excluding hydrogens is 335 g/mol. The van der Waals surface area contributed by atoms with Crippen molar-refractivity contribution in [2.24, 2.45) is 0 Å². The molecule has 1 aliphatic carbocycles. The fraction of sp³-hybridized carbons (Fsp3) is 0.556. The van der Waals surface area contributed by atoms with Gasteiger partial charge in [-0.1, -0.05) is 30.9 Å². The van der Waals surface area contributed by atoms with Crippen LogP contribution < -0.4 is 0 Å². The van der Waals surface area contributed by atoms with Gasteiger partial charge in [0.1, 0.15) is 0 Å². The Bertz CT molecular complexity index is 592. The summed E-state index contributed by atoms with van der Waals surface area (Å²) in [6, 6.07) is 3.40. The van der Waals surface area contributed by atoms with E-state index < -0.39 is 11.3 Å². The third kappa shape index (κ3) is 4.27. The maximum Gasteiger partial charge on any atom is 0.328 e. The molecule has 1 aliphatic rings. The highest BCUT2D eigenvalue weighted by Gasteiger charge is 2.27. The van der Waals surface area contributed by atoms with E-state index in [0.29, 0.717) is 22.1 Å². The molecule has 0 saturated heterocycles. The number of carbonyl (C=O) groups is 2. The maximum absolute atomic E-state index is 12.1. The van der Waals surface area contributed by atoms with Gasteiger partial charge in [0, 0.05) is 10.6 Å². The Kier molecular flexibility index (Phi) is 6.49. The van der Waals surface area contributed by atoms with Crippen LogP contribution in [-0.4, -0.2) is 18.4 Å². The summed E-state index contributed by atoms with van der Waals surface area (Å²) >= 11 is 12.7. The fourth-order valence-electron chi connectivity index (χ4n) is 3.23. The Hall–Kier alpha value is -1.06. The molecule has 5 heteroatoms. The quantitative estimate of drug-likeness (QED) is 0.401. The first kappa shape index (κ1) is 18.3. The van der Waals surface area contributed by atoms with Crippen molar-refractivity contribution in [3.8, 4) is 0 Å². The number of hydrogen-bond donors (Lipinski definition) is 0. The van der Waals surface area contributed by atoms with Gasteiger partial charge in [-0.2, -0.15) is 0 Å². The van der Waals surface area contributed by atoms with E-state index in [1.165, 1.54) is 13.3 Å². The summed E-state index contributed by atoms with van der Waals surface area (Å²) in [5.41, 5.74) is 2.00. The molecule has 0 heterocycles. The minimum atomic E-state index is -0.953. The van der Waals surface area contributed by atoms with Gasteiger partial charge in [-0.3, -0.25) is 9.59 Å². The Labute approximate surface area is 147 Å². The van der Waals surface area contributed by atoms with E-state index >= 15 is 0 Å². The molecule has 0 radical (unpaired) electrons. The Balaban J connectivity index is 2.41. The lowest BCUT2D eigenvalue weighted by Crippen LogP contribution is -2.14. The highest BCUT2D eigenvalue weighted by atomic mass is 35.5. The van der Waals surface area contributed by atoms with Crippen molar-refractivity contribution < 1.29 is 14.3 Å². The van der Waals surface area contributed by atoms with Crippen molar-refractivity contribution in [3.63, 3.8) is 0 Å². The second kappa shape index (κ2) is 8.16. The van der Waals surface area contributed by atoms with E-state index in [2.05, 4.69) is 0 Å². The van der Waals surface area contributed by atoms with Gasteiger partial charge in [0.15, 0.2) is 11.2 Å². The summed E-state index contributed by atoms with van der Waals surface area (Å²) in [5.74, 6) is -0.271. The highest BCUT2D eigenvalue weighted by molar-refractivity contribution is 6.33. The van der Waals surface area contributed by atoms with Crippen molar-refractivity contribution in [1.82, 2.24) is 0 Å². The van der Waals surface area contributed by atoms with Gasteiger partial charge in [-0.25, -0.2) is 0 Å². The molecule has 23 heavy (non-hydrogen) atoms. The standard InChI is InChI=1S/C18H22Cl2O3/c1-3-23-18(22)17(20)13-9-14(11(2)21)16(15(19)10-13)12-7-5-4-6-8-12/h9-10,12,17H,3-8H2,1-2H3. The van der Waals surface area contributed by atoms with E-state index in [9.17, 15) is 9.59 Å². The summed E-state index contributed by atoms with van der Waals surface area (Å²) in [4.78, 5) is 24.0. The summed E-state index contributed by atoms with van der Waals surface area (Å²) in [7, 11) is 0. The summed E-state index contributed by atoms with van der Waals surface area (Å²) in [6.07, 6.45) is 5.62. The van der Waals surface area contributed by atoms with E-state index in [1.54, 1.807) is 19.1 Å². The maximum atomic E-state index is 12.1. The number of ether oxygens (including phenoxy) is 1. The minimum Gasteiger partial charge on any atom is -0.465 e. The Morgan fingerprint density at radius 2 is 1.91 bits per heavy atom. The van der Waals surface area contributed by atoms with Crippen LogP contribution in [0.2, 0.25) is 5.02 Å². The monoisotopic (exact) mass is 356 g/mol. The molecule has 0 aromatic heterocycles. The van der Waals surface area contributed by atoms with Crippen molar-refractivity contribution in [1.29, 1.82) is 0 Å². The summed E-state index contributed by atoms with van der Waals surface area (Å²) < 4.78 is 4.95. The SMILES string of the molecule is CCOC(=O)C(Cl)c1cc(Cl)c(C2CCCCC2)c(C(C)=O)c1. The molecule has 0 spiro atoms. The van der Waals surface area contributed by atoms with Gasteiger partial charge < -0.3 is 4.74 Å². The molecule has 0 N–H and O–H groups in total. The van der Waals surface area contributed by atoms with Gasteiger partial charge >= 0.3 is 5.97 Å². The lowest BCUT2D eigenvalue weighted by Gasteiger charge is -2.25. The van der Waals surface area contributed by atoms with Crippen LogP contribution in [0.4, 0.5) is 0 Å². The van der Waals surface area contributed by atoms with Crippen LogP contribution in [0.3, 0.4) is 0 Å². The molecular formula is C18H22Cl2O3. The molecule has 1 aromatic carbocycles. The molecule has 0 amide bonds. The van der Waals surface area contributed by atoms with Crippen molar-refractivity contribution in [3.05, 3.63) is 33.8 Å². The van der Waals surface area contributed by atoms with Gasteiger partial charge in [0.25, 0.3) is 0 Å². The number of Topliss-reactive ketones (excluding diaryl/α,β-unsaturated/α-hetero) is 1. The minimum absolute atomic E-state index is 0.0537. The van der Waals surface area contributed by atoms with Gasteiger partial charge in [0.05, 0.1) is 6.61 Å². The Morgan fingerprint density at radius 1 is 1.26 bits per heavy atom. The molecule has 0 aliphatic heterocycles. The molecule has 2 rings (SSSR count). The fourth-order valence-corrected chi connectivity index (χ4v) is 3.81. The third-order valence-electron chi connectivity index (χ3n) is 4.33. The normalized spacial score (nSPS) is 16.9. The zero-order chi connectivity index (χ0) is 17.0. The first-order valence-corrected chi connectivity index (χ1v) is 8.92. The van der Waals surface area contributed by atoms with E-state index in [-0.39, 0.29) is 12.4 Å². The van der Waals surface area contributed by atoms with E-state index in [4.69, 9.17) is 27.9 Å². The molecule has 1 fully saturated rings. The van der Waals surface area contributed by atoms with Crippen LogP contribution in [0.5, 0.6) is 0 Å². The lowest BCUT2D eigenvalue weighted by molar-refractivity contribution is -0.142. The second-order valence-electron chi connectivity index (χ2n) is 5.97. The molecule has 1 aromatic rings. The smallest absolute Gasteiger partial charge is 0.328 e. The lowest BCUT2D eigenvalue weighted by atomic mass is 9.81. The average Bonchev–Trinajstić information content (AvgIpc) is 2.54. The van der Waals surface area contributed by atoms with Gasteiger partial charge in [-0.15, -0.1) is 11.6 Å². The average molecular weight is 357 g/mol. The van der Waals surface area contributed by atoms with E-state index in [0.717, 1.165) is 31.2 Å². The highest BCUT2D eigenvalue weighted by Crippen LogP contribution is 2.40. The predicted octanol–water partition coefficient (Wildman–Crippen LogP) is 5.43. The number of hydrogen-bond acceptors (Lipinski definition) is 3. The molecule has 3 nitrogen and oxygen atoms in total. The predicted molar refractivity (Wildman–Crippen MR) is 92.5 cm³/mol. The zero-order valence-corrected chi connectivity index (χ0v) is 15.0. The number of ketones is 1. The molecule has 1 atom stereocenters. The molecule has 1 saturated carbocycles. The summed E-state index contributed by atoms with van der Waals surface area (Å²) in [5, 5.41) is -0.430. The third-order valence-corrected chi connectivity index (χ3v) is 5.07. The largest absolute Gasteiger partial charge is 0.465 e. The summed E-state index contributed by atoms with van der Waals surface area (Å²) in [6.45, 7) is 3.51. The topological polar surface area (TPSA) is 43.4 Å². The molecule has 126 valence electrons. The van der Waals surface area contributed by atoms with E-state index in [1.807, 2.05) is 0 Å². The number of halogens is 2. The van der Waals surface area contributed by atoms with Gasteiger partial charge in [0.2, 0.25) is 0 Å². The van der Waals surface area contributed by atoms with Crippen LogP contribution in [-0.2, 0) is 9.53 Å². The first-order chi connectivity index (χ1) is 11.0. The number of alkyl halides is 1. The van der Waals surface area contributed by atoms with Crippen LogP contribution in [0.25, 0.3) is 0 Å². The second-order valence-corrected chi connectivity index (χ2v) is 6.81. The number of rotatable bonds is 5. The van der Waals surface area contributed by atoms with Crippen LogP contribution in [0.1, 0.15) is 78.7 Å². The number of esters is 1. The Morgan fingerprint density at radius 3 is 2.48 bits per heavy atom. The van der Waals surface area contributed by atoms with Crippen molar-refractivity contribution in [2.45, 2.75) is 57.2 Å². The van der Waals surface area contributed by atoms with Crippen LogP contribution in [0, 0.1) is 0 Å². The molecule has 1 unspecified atom stereocenters. The van der Waals surface area contributed by atoms with Crippen LogP contribution >= 0.6 is 23.2 Å².